The van der Waals surface area contributed by atoms with Crippen LogP contribution in [0, 0.1) is 5.92 Å². The van der Waals surface area contributed by atoms with E-state index in [0.29, 0.717) is 120 Å². The SMILES string of the molecule is CC/C(=C/F)COc1ccc(C(=O)N(C)C(C)CC)cc1.CC/C(=C/F)COc1ccc(S(=O)(=O)N(C)C(C)(C)C)cc1.CC/C(=C/F)COc1ccc(S(=O)(=O)N(C)C(C)C)cc1.CC/C(=C\F)COc1ccc(C(=O)CC(C)C)cc1. The number of ketones is 1. The van der Waals surface area contributed by atoms with Gasteiger partial charge < -0.3 is 23.8 Å². The summed E-state index contributed by atoms with van der Waals surface area (Å²) in [6.45, 7) is 25.4. The Balaban J connectivity index is 0.000000554. The molecule has 0 N–H and O–H groups in total. The summed E-state index contributed by atoms with van der Waals surface area (Å²) >= 11 is 0. The Hall–Kier alpha value is -6.28. The molecule has 0 fully saturated rings. The lowest BCUT2D eigenvalue weighted by Crippen LogP contribution is -2.42. The first-order chi connectivity index (χ1) is 39.0. The molecular weight excluding hydrogens is 1110 g/mol. The number of Topliss-reactive ketones (excluding diaryl/α,β-unsaturated/α-hetero) is 1. The molecule has 0 aliphatic heterocycles. The second-order valence-electron chi connectivity index (χ2n) is 21.1. The van der Waals surface area contributed by atoms with Crippen LogP contribution >= 0.6 is 0 Å². The van der Waals surface area contributed by atoms with Crippen LogP contribution in [0.3, 0.4) is 0 Å². The fourth-order valence-electron chi connectivity index (χ4n) is 6.52. The largest absolute Gasteiger partial charge is 0.489 e. The maximum Gasteiger partial charge on any atom is 0.253 e. The van der Waals surface area contributed by atoms with E-state index in [9.17, 15) is 44.0 Å². The van der Waals surface area contributed by atoms with Crippen molar-refractivity contribution < 1.29 is 62.9 Å². The lowest BCUT2D eigenvalue weighted by molar-refractivity contribution is 0.0740. The predicted octanol–water partition coefficient (Wildman–Crippen LogP) is 15.9. The molecule has 1 atom stereocenters. The lowest BCUT2D eigenvalue weighted by Gasteiger charge is -2.30. The first-order valence-corrected chi connectivity index (χ1v) is 30.7. The highest BCUT2D eigenvalue weighted by Crippen LogP contribution is 2.26. The summed E-state index contributed by atoms with van der Waals surface area (Å²) in [7, 11) is -2.13. The molecule has 0 saturated carbocycles. The molecule has 0 bridgehead atoms. The highest BCUT2D eigenvalue weighted by atomic mass is 32.2. The summed E-state index contributed by atoms with van der Waals surface area (Å²) < 4.78 is 124. The summed E-state index contributed by atoms with van der Waals surface area (Å²) in [5, 5.41) is 0. The fourth-order valence-corrected chi connectivity index (χ4v) is 9.41. The second kappa shape index (κ2) is 37.8. The van der Waals surface area contributed by atoms with Crippen LogP contribution in [0.1, 0.15) is 149 Å². The Morgan fingerprint density at radius 3 is 1.06 bits per heavy atom. The van der Waals surface area contributed by atoms with E-state index in [1.807, 2.05) is 83.1 Å². The van der Waals surface area contributed by atoms with Gasteiger partial charge in [-0.25, -0.2) is 34.4 Å². The van der Waals surface area contributed by atoms with Crippen LogP contribution in [-0.4, -0.2) is 107 Å². The van der Waals surface area contributed by atoms with Crippen LogP contribution in [0.15, 0.2) is 154 Å². The minimum Gasteiger partial charge on any atom is -0.489 e. The maximum atomic E-state index is 12.5. The number of benzene rings is 4. The van der Waals surface area contributed by atoms with Crippen LogP contribution in [0.4, 0.5) is 17.6 Å². The van der Waals surface area contributed by atoms with E-state index in [1.54, 1.807) is 98.8 Å². The predicted molar refractivity (Wildman–Crippen MR) is 326 cm³/mol. The Kier molecular flexibility index (Phi) is 34.1. The summed E-state index contributed by atoms with van der Waals surface area (Å²) in [4.78, 5) is 26.2. The molecule has 0 aromatic heterocycles. The van der Waals surface area contributed by atoms with Crippen LogP contribution in [-0.2, 0) is 20.0 Å². The number of halogens is 4. The van der Waals surface area contributed by atoms with Crippen molar-refractivity contribution in [1.82, 2.24) is 13.5 Å². The third-order valence-corrected chi connectivity index (χ3v) is 17.4. The van der Waals surface area contributed by atoms with Gasteiger partial charge in [-0.15, -0.1) is 0 Å². The molecule has 462 valence electrons. The zero-order valence-corrected chi connectivity index (χ0v) is 53.2. The van der Waals surface area contributed by atoms with Gasteiger partial charge >= 0.3 is 0 Å². The van der Waals surface area contributed by atoms with Gasteiger partial charge in [0.1, 0.15) is 49.4 Å². The minimum absolute atomic E-state index is 0.00574. The number of hydrogen-bond acceptors (Lipinski definition) is 10. The number of ether oxygens (including phenoxy) is 4. The summed E-state index contributed by atoms with van der Waals surface area (Å²) in [5.74, 6) is 2.78. The number of sulfonamides is 2. The van der Waals surface area contributed by atoms with Gasteiger partial charge in [0.15, 0.2) is 5.78 Å². The molecule has 4 rings (SSSR count). The van der Waals surface area contributed by atoms with E-state index in [-0.39, 0.29) is 60.0 Å². The summed E-state index contributed by atoms with van der Waals surface area (Å²) in [6.07, 6.45) is 6.09. The molecule has 0 heterocycles. The quantitative estimate of drug-likeness (QED) is 0.0417. The molecule has 83 heavy (non-hydrogen) atoms. The second-order valence-corrected chi connectivity index (χ2v) is 25.0. The molecule has 1 unspecified atom stereocenters. The Labute approximate surface area is 494 Å². The van der Waals surface area contributed by atoms with Crippen molar-refractivity contribution >= 4 is 31.7 Å². The average molecular weight is 1200 g/mol. The van der Waals surface area contributed by atoms with Crippen molar-refractivity contribution in [3.8, 4) is 23.0 Å². The van der Waals surface area contributed by atoms with Gasteiger partial charge in [-0.3, -0.25) is 9.59 Å². The molecule has 0 spiro atoms. The zero-order chi connectivity index (χ0) is 63.1. The van der Waals surface area contributed by atoms with Gasteiger partial charge in [-0.2, -0.15) is 8.61 Å². The van der Waals surface area contributed by atoms with Gasteiger partial charge in [0.2, 0.25) is 20.0 Å². The highest BCUT2D eigenvalue weighted by Gasteiger charge is 2.30. The molecule has 0 radical (unpaired) electrons. The molecule has 0 saturated heterocycles. The smallest absolute Gasteiger partial charge is 0.253 e. The third kappa shape index (κ3) is 26.0. The van der Waals surface area contributed by atoms with E-state index >= 15 is 0 Å². The number of amides is 1. The fraction of sp³-hybridized carbons (Fsp3) is 0.469. The normalized spacial score (nSPS) is 12.8. The Morgan fingerprint density at radius 1 is 0.494 bits per heavy atom. The van der Waals surface area contributed by atoms with Crippen molar-refractivity contribution in [2.75, 3.05) is 47.6 Å². The topological polar surface area (TPSA) is 149 Å². The Bertz CT molecular complexity index is 2910. The van der Waals surface area contributed by atoms with E-state index < -0.39 is 25.6 Å². The lowest BCUT2D eigenvalue weighted by atomic mass is 10.0. The van der Waals surface area contributed by atoms with Crippen molar-refractivity contribution in [1.29, 1.82) is 0 Å². The number of rotatable bonds is 27. The van der Waals surface area contributed by atoms with Gasteiger partial charge in [0, 0.05) is 56.3 Å². The van der Waals surface area contributed by atoms with Gasteiger partial charge in [0.25, 0.3) is 5.91 Å². The third-order valence-electron chi connectivity index (χ3n) is 13.2. The zero-order valence-electron chi connectivity index (χ0n) is 51.6. The molecule has 4 aromatic carbocycles. The number of nitrogens with zero attached hydrogens (tertiary/aromatic N) is 3. The first-order valence-electron chi connectivity index (χ1n) is 27.9. The van der Waals surface area contributed by atoms with E-state index in [1.165, 1.54) is 32.9 Å². The monoisotopic (exact) mass is 1200 g/mol. The minimum atomic E-state index is -3.55. The number of hydrogen-bond donors (Lipinski definition) is 0. The van der Waals surface area contributed by atoms with Crippen molar-refractivity contribution in [2.24, 2.45) is 5.92 Å². The van der Waals surface area contributed by atoms with E-state index in [2.05, 4.69) is 6.92 Å². The van der Waals surface area contributed by atoms with Crippen LogP contribution < -0.4 is 18.9 Å². The van der Waals surface area contributed by atoms with Gasteiger partial charge in [-0.05, 0) is 199 Å². The Morgan fingerprint density at radius 2 is 0.795 bits per heavy atom. The summed E-state index contributed by atoms with van der Waals surface area (Å²) in [6, 6.07) is 26.3. The van der Waals surface area contributed by atoms with E-state index in [4.69, 9.17) is 18.9 Å². The van der Waals surface area contributed by atoms with Crippen LogP contribution in [0.2, 0.25) is 0 Å². The molecule has 13 nitrogen and oxygen atoms in total. The molecule has 0 aliphatic rings. The van der Waals surface area contributed by atoms with E-state index in [0.717, 1.165) is 6.42 Å². The maximum absolute atomic E-state index is 12.5. The molecular formula is C64H91F4N3O10S2. The van der Waals surface area contributed by atoms with Crippen LogP contribution in [0.25, 0.3) is 0 Å². The van der Waals surface area contributed by atoms with Gasteiger partial charge in [0.05, 0.1) is 35.1 Å². The standard InChI is InChI=1S/C17H24FNO2.C16H24FNO3S.C16H21FO2.C15H22FNO3S/c1-5-13(3)19(4)17(20)15-7-9-16(10-8-15)21-12-14(6-2)11-18;1-6-13(11-17)12-21-14-7-9-15(10-8-14)22(19,20)18(5)16(2,3)4;1-4-13(10-17)11-19-15-7-5-14(6-8-15)16(18)9-12(2)3;1-5-13(10-16)11-20-14-6-8-15(9-7-14)21(18,19)17(4)12(2)3/h7-11,13H,5-6,12H2,1-4H3;7-11H,6,12H2,1-5H3;5-8,10,12H,4,9,11H2,1-3H3;6-10,12H,5,11H2,1-4H3/b14-11-;13-11-;13-10+;13-10-. The van der Waals surface area contributed by atoms with Crippen molar-refractivity contribution in [3.05, 3.63) is 156 Å². The molecule has 4 aromatic rings. The molecule has 1 amide bonds. The van der Waals surface area contributed by atoms with Crippen molar-refractivity contribution in [2.45, 2.75) is 156 Å². The number of carbonyl (C=O) groups is 2. The van der Waals surface area contributed by atoms with Crippen LogP contribution in [0.5, 0.6) is 23.0 Å². The first kappa shape index (κ1) is 74.7. The number of carbonyl (C=O) groups excluding carboxylic acids is 2. The molecule has 19 heteroatoms. The van der Waals surface area contributed by atoms with Crippen molar-refractivity contribution in [3.63, 3.8) is 0 Å². The summed E-state index contributed by atoms with van der Waals surface area (Å²) in [5.41, 5.74) is 3.12. The average Bonchev–Trinajstić information content (AvgIpc) is 3.55. The molecule has 0 aliphatic carbocycles. The van der Waals surface area contributed by atoms with Gasteiger partial charge in [-0.1, -0.05) is 48.5 Å². The highest BCUT2D eigenvalue weighted by molar-refractivity contribution is 7.89.